The highest BCUT2D eigenvalue weighted by Gasteiger charge is 2.26. The smallest absolute Gasteiger partial charge is 0.339 e. The zero-order valence-corrected chi connectivity index (χ0v) is 16.6. The number of hydrogen-bond acceptors (Lipinski definition) is 4. The van der Waals surface area contributed by atoms with Crippen LogP contribution in [0.4, 0.5) is 0 Å². The van der Waals surface area contributed by atoms with Crippen LogP contribution in [0.1, 0.15) is 60.3 Å². The predicted octanol–water partition coefficient (Wildman–Crippen LogP) is 3.26. The average Bonchev–Trinajstić information content (AvgIpc) is 3.08. The van der Waals surface area contributed by atoms with Gasteiger partial charge < -0.3 is 14.7 Å². The molecule has 1 aliphatic heterocycles. The molecule has 0 radical (unpaired) electrons. The van der Waals surface area contributed by atoms with Crippen LogP contribution < -0.4 is 4.74 Å². The Morgan fingerprint density at radius 3 is 2.39 bits per heavy atom. The van der Waals surface area contributed by atoms with Crippen molar-refractivity contribution in [1.82, 2.24) is 14.7 Å². The number of rotatable bonds is 6. The van der Waals surface area contributed by atoms with Gasteiger partial charge in [0.25, 0.3) is 5.91 Å². The van der Waals surface area contributed by atoms with E-state index < -0.39 is 5.97 Å². The molecule has 1 aromatic heterocycles. The molecule has 7 nitrogen and oxygen atoms in total. The molecule has 0 spiro atoms. The fourth-order valence-electron chi connectivity index (χ4n) is 3.55. The lowest BCUT2D eigenvalue weighted by atomic mass is 10.0. The van der Waals surface area contributed by atoms with Crippen LogP contribution in [0.2, 0.25) is 0 Å². The number of benzene rings is 1. The maximum atomic E-state index is 12.5. The van der Waals surface area contributed by atoms with E-state index in [4.69, 9.17) is 9.84 Å². The van der Waals surface area contributed by atoms with E-state index in [1.54, 1.807) is 16.5 Å². The summed E-state index contributed by atoms with van der Waals surface area (Å²) in [4.78, 5) is 25.4. The van der Waals surface area contributed by atoms with Gasteiger partial charge >= 0.3 is 5.97 Å². The van der Waals surface area contributed by atoms with Crippen LogP contribution in [-0.4, -0.2) is 51.4 Å². The van der Waals surface area contributed by atoms with Gasteiger partial charge in [0.05, 0.1) is 17.9 Å². The number of carbonyl (C=O) groups is 2. The van der Waals surface area contributed by atoms with Gasteiger partial charge in [-0.25, -0.2) is 4.79 Å². The number of hydrogen-bond donors (Lipinski definition) is 1. The van der Waals surface area contributed by atoms with Crippen molar-refractivity contribution in [2.24, 2.45) is 0 Å². The summed E-state index contributed by atoms with van der Waals surface area (Å²) >= 11 is 0. The van der Waals surface area contributed by atoms with Gasteiger partial charge in [-0.3, -0.25) is 9.48 Å². The minimum Gasteiger partial charge on any atom is -0.484 e. The summed E-state index contributed by atoms with van der Waals surface area (Å²) < 4.78 is 7.42. The number of nitrogens with zero attached hydrogens (tertiary/aromatic N) is 3. The second kappa shape index (κ2) is 8.46. The van der Waals surface area contributed by atoms with Crippen molar-refractivity contribution in [3.05, 3.63) is 47.3 Å². The SMILES string of the molecule is Cc1c(C(=O)O)cnn1C1CCN(C(=O)COc2ccc(C(C)C)cc2)CC1. The number of carboxylic acid groups (broad SMARTS) is 1. The van der Waals surface area contributed by atoms with Crippen LogP contribution in [0.3, 0.4) is 0 Å². The highest BCUT2D eigenvalue weighted by Crippen LogP contribution is 2.25. The second-order valence-electron chi connectivity index (χ2n) is 7.52. The van der Waals surface area contributed by atoms with Gasteiger partial charge in [0.1, 0.15) is 11.3 Å². The number of aromatic carboxylic acids is 1. The fraction of sp³-hybridized carbons (Fsp3) is 0.476. The molecule has 2 aromatic rings. The van der Waals surface area contributed by atoms with Crippen LogP contribution in [0.5, 0.6) is 5.75 Å². The Hall–Kier alpha value is -2.83. The molecular weight excluding hydrogens is 358 g/mol. The van der Waals surface area contributed by atoms with Crippen molar-refractivity contribution >= 4 is 11.9 Å². The Morgan fingerprint density at radius 1 is 1.21 bits per heavy atom. The van der Waals surface area contributed by atoms with Crippen molar-refractivity contribution < 1.29 is 19.4 Å². The van der Waals surface area contributed by atoms with Crippen LogP contribution in [0.25, 0.3) is 0 Å². The van der Waals surface area contributed by atoms with E-state index in [2.05, 4.69) is 18.9 Å². The molecule has 0 atom stereocenters. The Labute approximate surface area is 164 Å². The topological polar surface area (TPSA) is 84.7 Å². The van der Waals surface area contributed by atoms with E-state index in [-0.39, 0.29) is 24.1 Å². The minimum atomic E-state index is -0.963. The summed E-state index contributed by atoms with van der Waals surface area (Å²) in [5, 5.41) is 13.4. The first-order valence-electron chi connectivity index (χ1n) is 9.64. The highest BCUT2D eigenvalue weighted by atomic mass is 16.5. The molecule has 2 heterocycles. The molecule has 1 aliphatic rings. The first kappa shape index (κ1) is 19.9. The molecule has 0 aliphatic carbocycles. The molecule has 28 heavy (non-hydrogen) atoms. The van der Waals surface area contributed by atoms with Crippen LogP contribution in [0, 0.1) is 6.92 Å². The van der Waals surface area contributed by atoms with Gasteiger partial charge in [-0.05, 0) is 43.4 Å². The third-order valence-electron chi connectivity index (χ3n) is 5.35. The zero-order valence-electron chi connectivity index (χ0n) is 16.6. The number of aromatic nitrogens is 2. The minimum absolute atomic E-state index is 0.0235. The van der Waals surface area contributed by atoms with Gasteiger partial charge in [0.2, 0.25) is 0 Å². The van der Waals surface area contributed by atoms with Gasteiger partial charge in [0, 0.05) is 13.1 Å². The Balaban J connectivity index is 1.50. The van der Waals surface area contributed by atoms with E-state index >= 15 is 0 Å². The summed E-state index contributed by atoms with van der Waals surface area (Å²) in [5.74, 6) is 0.160. The summed E-state index contributed by atoms with van der Waals surface area (Å²) in [6.07, 6.45) is 2.89. The van der Waals surface area contributed by atoms with Crippen molar-refractivity contribution in [3.8, 4) is 5.75 Å². The van der Waals surface area contributed by atoms with Gasteiger partial charge in [-0.2, -0.15) is 5.10 Å². The number of likely N-dealkylation sites (tertiary alicyclic amines) is 1. The molecule has 3 rings (SSSR count). The van der Waals surface area contributed by atoms with E-state index in [0.29, 0.717) is 30.5 Å². The highest BCUT2D eigenvalue weighted by molar-refractivity contribution is 5.88. The molecule has 1 fully saturated rings. The molecule has 0 bridgehead atoms. The number of amides is 1. The predicted molar refractivity (Wildman–Crippen MR) is 105 cm³/mol. The van der Waals surface area contributed by atoms with E-state index in [0.717, 1.165) is 12.8 Å². The van der Waals surface area contributed by atoms with E-state index in [1.165, 1.54) is 11.8 Å². The Bertz CT molecular complexity index is 834. The summed E-state index contributed by atoms with van der Waals surface area (Å²) in [6.45, 7) is 7.29. The van der Waals surface area contributed by atoms with Crippen molar-refractivity contribution in [3.63, 3.8) is 0 Å². The summed E-state index contributed by atoms with van der Waals surface area (Å²) in [6, 6.07) is 7.95. The monoisotopic (exact) mass is 385 g/mol. The van der Waals surface area contributed by atoms with Gasteiger partial charge in [-0.1, -0.05) is 26.0 Å². The third-order valence-corrected chi connectivity index (χ3v) is 5.35. The molecule has 1 N–H and O–H groups in total. The summed E-state index contributed by atoms with van der Waals surface area (Å²) in [7, 11) is 0. The molecule has 1 saturated heterocycles. The maximum Gasteiger partial charge on any atom is 0.339 e. The standard InChI is InChI=1S/C21H27N3O4/c1-14(2)16-4-6-18(7-5-16)28-13-20(25)23-10-8-17(9-11-23)24-15(3)19(12-22-24)21(26)27/h4-7,12,14,17H,8-11,13H2,1-3H3,(H,26,27). The molecular formula is C21H27N3O4. The normalized spacial score (nSPS) is 15.1. The zero-order chi connectivity index (χ0) is 20.3. The summed E-state index contributed by atoms with van der Waals surface area (Å²) in [5.41, 5.74) is 2.13. The molecule has 0 saturated carbocycles. The molecule has 0 unspecified atom stereocenters. The molecule has 1 amide bonds. The third kappa shape index (κ3) is 4.35. The van der Waals surface area contributed by atoms with E-state index in [9.17, 15) is 9.59 Å². The van der Waals surface area contributed by atoms with Crippen molar-refractivity contribution in [2.75, 3.05) is 19.7 Å². The molecule has 7 heteroatoms. The quantitative estimate of drug-likeness (QED) is 0.825. The van der Waals surface area contributed by atoms with Crippen molar-refractivity contribution in [1.29, 1.82) is 0 Å². The lowest BCUT2D eigenvalue weighted by Crippen LogP contribution is -2.41. The number of piperidine rings is 1. The first-order valence-corrected chi connectivity index (χ1v) is 9.64. The largest absolute Gasteiger partial charge is 0.484 e. The maximum absolute atomic E-state index is 12.5. The Kier molecular flexibility index (Phi) is 6.02. The molecule has 1 aromatic carbocycles. The Morgan fingerprint density at radius 2 is 1.86 bits per heavy atom. The van der Waals surface area contributed by atoms with E-state index in [1.807, 2.05) is 24.3 Å². The number of carbonyl (C=O) groups excluding carboxylic acids is 1. The lowest BCUT2D eigenvalue weighted by molar-refractivity contribution is -0.134. The average molecular weight is 385 g/mol. The fourth-order valence-corrected chi connectivity index (χ4v) is 3.55. The van der Waals surface area contributed by atoms with Gasteiger partial charge in [0.15, 0.2) is 6.61 Å². The van der Waals surface area contributed by atoms with Crippen LogP contribution in [-0.2, 0) is 4.79 Å². The molecule has 150 valence electrons. The second-order valence-corrected chi connectivity index (χ2v) is 7.52. The van der Waals surface area contributed by atoms with Crippen LogP contribution >= 0.6 is 0 Å². The van der Waals surface area contributed by atoms with Crippen LogP contribution in [0.15, 0.2) is 30.5 Å². The van der Waals surface area contributed by atoms with Crippen molar-refractivity contribution in [2.45, 2.75) is 45.6 Å². The number of ether oxygens (including phenoxy) is 1. The number of carboxylic acids is 1. The van der Waals surface area contributed by atoms with Gasteiger partial charge in [-0.15, -0.1) is 0 Å². The first-order chi connectivity index (χ1) is 13.4. The lowest BCUT2D eigenvalue weighted by Gasteiger charge is -2.32.